The van der Waals surface area contributed by atoms with E-state index in [0.29, 0.717) is 13.0 Å². The highest BCUT2D eigenvalue weighted by molar-refractivity contribution is 7.90. The van der Waals surface area contributed by atoms with E-state index in [0.717, 1.165) is 12.0 Å². The van der Waals surface area contributed by atoms with Crippen molar-refractivity contribution in [2.45, 2.75) is 12.8 Å². The summed E-state index contributed by atoms with van der Waals surface area (Å²) in [5, 5.41) is 0. The highest BCUT2D eigenvalue weighted by Crippen LogP contribution is 2.08. The van der Waals surface area contributed by atoms with Crippen LogP contribution in [-0.4, -0.2) is 52.2 Å². The van der Waals surface area contributed by atoms with E-state index in [1.165, 1.54) is 0 Å². The van der Waals surface area contributed by atoms with E-state index < -0.39 is 21.8 Å². The van der Waals surface area contributed by atoms with Crippen LogP contribution in [-0.2, 0) is 28.9 Å². The lowest BCUT2D eigenvalue weighted by atomic mass is 10.2. The fraction of sp³-hybridized carbons (Fsp3) is 0.412. The molecule has 0 unspecified atom stereocenters. The lowest BCUT2D eigenvalue weighted by Crippen LogP contribution is -2.17. The van der Waals surface area contributed by atoms with Crippen LogP contribution in [0.5, 0.6) is 5.75 Å². The van der Waals surface area contributed by atoms with Gasteiger partial charge in [0.15, 0.2) is 9.84 Å². The zero-order chi connectivity index (χ0) is 18.7. The molecular weight excluding hydrogens is 348 g/mol. The summed E-state index contributed by atoms with van der Waals surface area (Å²) >= 11 is 0. The number of carbonyl (C=O) groups excluding carboxylic acids is 2. The van der Waals surface area contributed by atoms with Crippen molar-refractivity contribution < 1.29 is 32.2 Å². The predicted molar refractivity (Wildman–Crippen MR) is 91.9 cm³/mol. The zero-order valence-electron chi connectivity index (χ0n) is 14.1. The van der Waals surface area contributed by atoms with E-state index in [4.69, 9.17) is 14.2 Å². The quantitative estimate of drug-likeness (QED) is 0.331. The summed E-state index contributed by atoms with van der Waals surface area (Å²) in [5.41, 5.74) is -0.0842. The third-order valence-corrected chi connectivity index (χ3v) is 3.81. The van der Waals surface area contributed by atoms with Gasteiger partial charge in [0.25, 0.3) is 0 Å². The first-order valence-corrected chi connectivity index (χ1v) is 9.70. The molecule has 0 radical (unpaired) electrons. The minimum absolute atomic E-state index is 0.0842. The summed E-state index contributed by atoms with van der Waals surface area (Å²) in [6, 6.07) is 9.25. The monoisotopic (exact) mass is 370 g/mol. The molecule has 0 fully saturated rings. The second-order valence-electron chi connectivity index (χ2n) is 5.28. The van der Waals surface area contributed by atoms with Gasteiger partial charge in [-0.25, -0.2) is 13.2 Å². The molecule has 1 rings (SSSR count). The summed E-state index contributed by atoms with van der Waals surface area (Å²) in [6.45, 7) is 3.72. The molecule has 138 valence electrons. The largest absolute Gasteiger partial charge is 0.493 e. The number of hydrogen-bond acceptors (Lipinski definition) is 7. The van der Waals surface area contributed by atoms with Crippen LogP contribution < -0.4 is 4.74 Å². The number of ether oxygens (including phenoxy) is 3. The van der Waals surface area contributed by atoms with Gasteiger partial charge in [0.05, 0.1) is 25.4 Å². The molecule has 0 amide bonds. The predicted octanol–water partition coefficient (Wildman–Crippen LogP) is 1.53. The number of para-hydroxylation sites is 1. The normalized spacial score (nSPS) is 10.8. The van der Waals surface area contributed by atoms with Crippen LogP contribution in [0.15, 0.2) is 42.5 Å². The van der Waals surface area contributed by atoms with Crippen LogP contribution in [0.1, 0.15) is 12.8 Å². The molecule has 1 aromatic carbocycles. The molecule has 0 spiro atoms. The van der Waals surface area contributed by atoms with Crippen molar-refractivity contribution in [2.24, 2.45) is 0 Å². The minimum Gasteiger partial charge on any atom is -0.493 e. The first kappa shape index (κ1) is 20.7. The molecule has 0 N–H and O–H groups in total. The van der Waals surface area contributed by atoms with Gasteiger partial charge in [0.1, 0.15) is 12.4 Å². The Bertz CT molecular complexity index is 680. The van der Waals surface area contributed by atoms with Crippen molar-refractivity contribution >= 4 is 21.8 Å². The molecule has 0 aromatic heterocycles. The number of sulfone groups is 1. The van der Waals surface area contributed by atoms with Gasteiger partial charge in [-0.1, -0.05) is 24.8 Å². The molecule has 0 bridgehead atoms. The first-order chi connectivity index (χ1) is 11.8. The Hall–Kier alpha value is -2.35. The molecule has 0 saturated heterocycles. The number of carbonyl (C=O) groups is 2. The van der Waals surface area contributed by atoms with Crippen molar-refractivity contribution in [1.29, 1.82) is 0 Å². The Morgan fingerprint density at radius 3 is 2.36 bits per heavy atom. The third-order valence-electron chi connectivity index (χ3n) is 2.90. The Morgan fingerprint density at radius 1 is 1.04 bits per heavy atom. The fourth-order valence-electron chi connectivity index (χ4n) is 1.64. The minimum atomic E-state index is -3.22. The van der Waals surface area contributed by atoms with Crippen LogP contribution in [0.3, 0.4) is 0 Å². The topological polar surface area (TPSA) is 96.0 Å². The molecule has 7 nitrogen and oxygen atoms in total. The van der Waals surface area contributed by atoms with E-state index >= 15 is 0 Å². The summed E-state index contributed by atoms with van der Waals surface area (Å²) in [4.78, 5) is 23.1. The molecule has 0 heterocycles. The highest BCUT2D eigenvalue weighted by atomic mass is 32.2. The Balaban J connectivity index is 2.14. The van der Waals surface area contributed by atoms with Gasteiger partial charge in [-0.2, -0.15) is 0 Å². The van der Waals surface area contributed by atoms with Gasteiger partial charge < -0.3 is 14.2 Å². The van der Waals surface area contributed by atoms with Crippen LogP contribution in [0.4, 0.5) is 0 Å². The van der Waals surface area contributed by atoms with Gasteiger partial charge in [-0.3, -0.25) is 4.79 Å². The Labute approximate surface area is 147 Å². The summed E-state index contributed by atoms with van der Waals surface area (Å²) in [5.74, 6) is -0.963. The van der Waals surface area contributed by atoms with Gasteiger partial charge in [-0.15, -0.1) is 0 Å². The maximum absolute atomic E-state index is 11.6. The van der Waals surface area contributed by atoms with Gasteiger partial charge >= 0.3 is 11.9 Å². The van der Waals surface area contributed by atoms with Crippen molar-refractivity contribution in [3.8, 4) is 5.75 Å². The molecule has 0 aliphatic heterocycles. The lowest BCUT2D eigenvalue weighted by Gasteiger charge is -2.08. The van der Waals surface area contributed by atoms with Crippen molar-refractivity contribution in [2.75, 3.05) is 31.8 Å². The second kappa shape index (κ2) is 10.5. The molecule has 8 heteroatoms. The number of esters is 2. The Morgan fingerprint density at radius 2 is 1.72 bits per heavy atom. The van der Waals surface area contributed by atoms with E-state index in [1.54, 1.807) is 0 Å². The molecule has 0 aliphatic carbocycles. The maximum atomic E-state index is 11.6. The van der Waals surface area contributed by atoms with Crippen LogP contribution in [0.25, 0.3) is 0 Å². The van der Waals surface area contributed by atoms with Gasteiger partial charge in [0, 0.05) is 18.2 Å². The standard InChI is InChI=1S/C17H22O7S/c1-14(17(19)24-11-12-25(2,20)21)13-16(18)23-10-6-9-22-15-7-4-3-5-8-15/h3-5,7-8H,1,6,9-13H2,2H3. The van der Waals surface area contributed by atoms with Crippen LogP contribution >= 0.6 is 0 Å². The third kappa shape index (κ3) is 10.2. The second-order valence-corrected chi connectivity index (χ2v) is 7.54. The fourth-order valence-corrected chi connectivity index (χ4v) is 2.02. The molecule has 1 aromatic rings. The van der Waals surface area contributed by atoms with E-state index in [2.05, 4.69) is 6.58 Å². The lowest BCUT2D eigenvalue weighted by molar-refractivity contribution is -0.146. The number of rotatable bonds is 11. The molecule has 0 saturated carbocycles. The molecule has 0 aliphatic rings. The number of hydrogen-bond donors (Lipinski definition) is 0. The van der Waals surface area contributed by atoms with Crippen molar-refractivity contribution in [1.82, 2.24) is 0 Å². The first-order valence-electron chi connectivity index (χ1n) is 7.64. The van der Waals surface area contributed by atoms with Crippen molar-refractivity contribution in [3.63, 3.8) is 0 Å². The maximum Gasteiger partial charge on any atom is 0.334 e. The Kier molecular flexibility index (Phi) is 8.69. The SMILES string of the molecule is C=C(CC(=O)OCCCOc1ccccc1)C(=O)OCCS(C)(=O)=O. The van der Waals surface area contributed by atoms with E-state index in [9.17, 15) is 18.0 Å². The van der Waals surface area contributed by atoms with Gasteiger partial charge in [0.2, 0.25) is 0 Å². The molecular formula is C17H22O7S. The van der Waals surface area contributed by atoms with E-state index in [-0.39, 0.29) is 31.0 Å². The zero-order valence-corrected chi connectivity index (χ0v) is 14.9. The average molecular weight is 370 g/mol. The van der Waals surface area contributed by atoms with Crippen LogP contribution in [0.2, 0.25) is 0 Å². The average Bonchev–Trinajstić information content (AvgIpc) is 2.54. The summed E-state index contributed by atoms with van der Waals surface area (Å²) in [6.07, 6.45) is 1.23. The summed E-state index contributed by atoms with van der Waals surface area (Å²) in [7, 11) is -3.22. The number of benzene rings is 1. The van der Waals surface area contributed by atoms with Gasteiger partial charge in [-0.05, 0) is 12.1 Å². The highest BCUT2D eigenvalue weighted by Gasteiger charge is 2.15. The van der Waals surface area contributed by atoms with Crippen LogP contribution in [0, 0.1) is 0 Å². The molecule has 0 atom stereocenters. The summed E-state index contributed by atoms with van der Waals surface area (Å²) < 4.78 is 37.0. The van der Waals surface area contributed by atoms with Crippen molar-refractivity contribution in [3.05, 3.63) is 42.5 Å². The van der Waals surface area contributed by atoms with E-state index in [1.807, 2.05) is 30.3 Å². The molecule has 25 heavy (non-hydrogen) atoms. The smallest absolute Gasteiger partial charge is 0.334 e.